The number of halogens is 1. The van der Waals surface area contributed by atoms with Crippen molar-refractivity contribution in [1.82, 2.24) is 10.3 Å². The van der Waals surface area contributed by atoms with Gasteiger partial charge in [-0.05, 0) is 35.9 Å². The number of benzene rings is 2. The number of anilines is 1. The maximum Gasteiger partial charge on any atom is 0.267 e. The number of H-pyrrole nitrogens is 1. The minimum Gasteiger partial charge on any atom is -0.350 e. The van der Waals surface area contributed by atoms with Crippen LogP contribution in [0, 0.1) is 5.82 Å². The molecule has 1 amide bonds. The van der Waals surface area contributed by atoms with Crippen molar-refractivity contribution in [2.24, 2.45) is 0 Å². The van der Waals surface area contributed by atoms with Crippen LogP contribution in [0.15, 0.2) is 48.5 Å². The molecule has 0 bridgehead atoms. The smallest absolute Gasteiger partial charge is 0.267 e. The summed E-state index contributed by atoms with van der Waals surface area (Å²) in [4.78, 5) is 15.1. The summed E-state index contributed by atoms with van der Waals surface area (Å²) in [6.07, 6.45) is 1.07. The van der Waals surface area contributed by atoms with E-state index in [1.54, 1.807) is 36.4 Å². The van der Waals surface area contributed by atoms with Crippen LogP contribution in [-0.2, 0) is 16.6 Å². The highest BCUT2D eigenvalue weighted by Crippen LogP contribution is 2.18. The molecule has 0 atom stereocenters. The van der Waals surface area contributed by atoms with Gasteiger partial charge in [-0.1, -0.05) is 18.2 Å². The highest BCUT2D eigenvalue weighted by atomic mass is 32.2. The van der Waals surface area contributed by atoms with Crippen LogP contribution in [0.1, 0.15) is 16.1 Å². The van der Waals surface area contributed by atoms with Crippen LogP contribution in [0.5, 0.6) is 0 Å². The van der Waals surface area contributed by atoms with Crippen molar-refractivity contribution in [2.75, 3.05) is 11.0 Å². The lowest BCUT2D eigenvalue weighted by molar-refractivity contribution is 0.0946. The Morgan fingerprint density at radius 2 is 1.88 bits per heavy atom. The number of nitrogens with one attached hydrogen (secondary N) is 3. The van der Waals surface area contributed by atoms with Gasteiger partial charge in [0.25, 0.3) is 5.91 Å². The van der Waals surface area contributed by atoms with Gasteiger partial charge in [0.1, 0.15) is 11.5 Å². The average Bonchev–Trinajstić information content (AvgIpc) is 2.98. The Bertz CT molecular complexity index is 1030. The number of aromatic amines is 1. The van der Waals surface area contributed by atoms with Crippen molar-refractivity contribution in [3.05, 3.63) is 65.6 Å². The van der Waals surface area contributed by atoms with Crippen LogP contribution in [-0.4, -0.2) is 25.6 Å². The maximum absolute atomic E-state index is 13.7. The van der Waals surface area contributed by atoms with E-state index >= 15 is 0 Å². The first-order valence-corrected chi connectivity index (χ1v) is 9.33. The fourth-order valence-corrected chi connectivity index (χ4v) is 2.99. The molecule has 1 heterocycles. The monoisotopic (exact) mass is 361 g/mol. The van der Waals surface area contributed by atoms with E-state index in [2.05, 4.69) is 15.0 Å². The minimum atomic E-state index is -3.32. The number of hydrogen-bond acceptors (Lipinski definition) is 3. The summed E-state index contributed by atoms with van der Waals surface area (Å²) >= 11 is 0. The number of amides is 1. The standard InChI is InChI=1S/C17H16FN3O3S/c1-25(23,24)21-12-7-5-11(6-8-12)10-19-17(22)16-9-13-14(18)3-2-4-15(13)20-16/h2-9,20-21H,10H2,1H3,(H,19,22). The van der Waals surface area contributed by atoms with E-state index in [1.165, 1.54) is 12.1 Å². The maximum atomic E-state index is 13.7. The van der Waals surface area contributed by atoms with E-state index in [-0.39, 0.29) is 24.0 Å². The molecule has 130 valence electrons. The first-order valence-electron chi connectivity index (χ1n) is 7.44. The minimum absolute atomic E-state index is 0.260. The van der Waals surface area contributed by atoms with E-state index < -0.39 is 10.0 Å². The summed E-state index contributed by atoms with van der Waals surface area (Å²) in [5.74, 6) is -0.740. The molecule has 0 saturated carbocycles. The Labute approximate surface area is 144 Å². The lowest BCUT2D eigenvalue weighted by Crippen LogP contribution is -2.23. The van der Waals surface area contributed by atoms with Crippen LogP contribution in [0.4, 0.5) is 10.1 Å². The van der Waals surface area contributed by atoms with E-state index in [9.17, 15) is 17.6 Å². The van der Waals surface area contributed by atoms with Gasteiger partial charge in [-0.15, -0.1) is 0 Å². The molecule has 3 rings (SSSR count). The molecule has 6 nitrogen and oxygen atoms in total. The van der Waals surface area contributed by atoms with Gasteiger partial charge in [0, 0.05) is 23.1 Å². The Morgan fingerprint density at radius 3 is 2.52 bits per heavy atom. The first kappa shape index (κ1) is 17.0. The molecule has 0 aliphatic rings. The lowest BCUT2D eigenvalue weighted by Gasteiger charge is -2.07. The zero-order valence-corrected chi connectivity index (χ0v) is 14.2. The quantitative estimate of drug-likeness (QED) is 0.652. The Hall–Kier alpha value is -2.87. The molecule has 0 aliphatic heterocycles. The van der Waals surface area contributed by atoms with Gasteiger partial charge in [0.2, 0.25) is 10.0 Å². The summed E-state index contributed by atoms with van der Waals surface area (Å²) in [7, 11) is -3.32. The second-order valence-electron chi connectivity index (χ2n) is 5.64. The molecular weight excluding hydrogens is 345 g/mol. The number of sulfonamides is 1. The van der Waals surface area contributed by atoms with E-state index in [1.807, 2.05) is 0 Å². The van der Waals surface area contributed by atoms with Crippen LogP contribution >= 0.6 is 0 Å². The third kappa shape index (κ3) is 4.16. The molecule has 8 heteroatoms. The van der Waals surface area contributed by atoms with Crippen molar-refractivity contribution < 1.29 is 17.6 Å². The first-order chi connectivity index (χ1) is 11.8. The zero-order chi connectivity index (χ0) is 18.0. The highest BCUT2D eigenvalue weighted by Gasteiger charge is 2.11. The van der Waals surface area contributed by atoms with Gasteiger partial charge in [-0.2, -0.15) is 0 Å². The third-order valence-electron chi connectivity index (χ3n) is 3.57. The number of carbonyl (C=O) groups is 1. The predicted octanol–water partition coefficient (Wildman–Crippen LogP) is 2.61. The van der Waals surface area contributed by atoms with E-state index in [0.717, 1.165) is 11.8 Å². The summed E-state index contributed by atoms with van der Waals surface area (Å²) in [5, 5.41) is 3.10. The second kappa shape index (κ2) is 6.56. The highest BCUT2D eigenvalue weighted by molar-refractivity contribution is 7.92. The second-order valence-corrected chi connectivity index (χ2v) is 7.39. The van der Waals surface area contributed by atoms with Crippen molar-refractivity contribution >= 4 is 32.5 Å². The Morgan fingerprint density at radius 1 is 1.16 bits per heavy atom. The number of hydrogen-bond donors (Lipinski definition) is 3. The Balaban J connectivity index is 1.66. The molecule has 3 N–H and O–H groups in total. The van der Waals surface area contributed by atoms with Crippen molar-refractivity contribution in [1.29, 1.82) is 0 Å². The van der Waals surface area contributed by atoms with Crippen LogP contribution in [0.3, 0.4) is 0 Å². The molecule has 0 radical (unpaired) electrons. The molecular formula is C17H16FN3O3S. The molecule has 0 spiro atoms. The van der Waals surface area contributed by atoms with Gasteiger partial charge in [-0.25, -0.2) is 12.8 Å². The molecule has 0 unspecified atom stereocenters. The number of aromatic nitrogens is 1. The summed E-state index contributed by atoms with van der Waals surface area (Å²) < 4.78 is 38.3. The largest absolute Gasteiger partial charge is 0.350 e. The van der Waals surface area contributed by atoms with Crippen LogP contribution in [0.25, 0.3) is 10.9 Å². The van der Waals surface area contributed by atoms with Gasteiger partial charge in [-0.3, -0.25) is 9.52 Å². The SMILES string of the molecule is CS(=O)(=O)Nc1ccc(CNC(=O)c2cc3c(F)cccc3[nH]2)cc1. The average molecular weight is 361 g/mol. The molecule has 3 aromatic rings. The van der Waals surface area contributed by atoms with Crippen molar-refractivity contribution in [3.8, 4) is 0 Å². The number of carbonyl (C=O) groups excluding carboxylic acids is 1. The summed E-state index contributed by atoms with van der Waals surface area (Å²) in [5.41, 5.74) is 2.08. The van der Waals surface area contributed by atoms with Gasteiger partial charge in [0.05, 0.1) is 6.26 Å². The fourth-order valence-electron chi connectivity index (χ4n) is 2.42. The topological polar surface area (TPSA) is 91.1 Å². The summed E-state index contributed by atoms with van der Waals surface area (Å²) in [6, 6.07) is 12.7. The van der Waals surface area contributed by atoms with Crippen molar-refractivity contribution in [2.45, 2.75) is 6.54 Å². The van der Waals surface area contributed by atoms with Crippen molar-refractivity contribution in [3.63, 3.8) is 0 Å². The van der Waals surface area contributed by atoms with E-state index in [4.69, 9.17) is 0 Å². The fraction of sp³-hybridized carbons (Fsp3) is 0.118. The van der Waals surface area contributed by atoms with Gasteiger partial charge < -0.3 is 10.3 Å². The molecule has 25 heavy (non-hydrogen) atoms. The predicted molar refractivity (Wildman–Crippen MR) is 94.3 cm³/mol. The Kier molecular flexibility index (Phi) is 4.45. The molecule has 0 fully saturated rings. The van der Waals surface area contributed by atoms with E-state index in [0.29, 0.717) is 16.6 Å². The zero-order valence-electron chi connectivity index (χ0n) is 13.3. The normalized spacial score (nSPS) is 11.4. The van der Waals surface area contributed by atoms with Crippen LogP contribution in [0.2, 0.25) is 0 Å². The third-order valence-corrected chi connectivity index (χ3v) is 4.17. The summed E-state index contributed by atoms with van der Waals surface area (Å²) in [6.45, 7) is 0.260. The van der Waals surface area contributed by atoms with Crippen LogP contribution < -0.4 is 10.0 Å². The lowest BCUT2D eigenvalue weighted by atomic mass is 10.2. The molecule has 1 aromatic heterocycles. The number of rotatable bonds is 5. The molecule has 0 aliphatic carbocycles. The number of fused-ring (bicyclic) bond motifs is 1. The van der Waals surface area contributed by atoms with Gasteiger partial charge >= 0.3 is 0 Å². The molecule has 2 aromatic carbocycles. The molecule has 0 saturated heterocycles. The van der Waals surface area contributed by atoms with Gasteiger partial charge in [0.15, 0.2) is 0 Å².